The predicted molar refractivity (Wildman–Crippen MR) is 103 cm³/mol. The smallest absolute Gasteiger partial charge is 0.237 e. The highest BCUT2D eigenvalue weighted by atomic mass is 32.2. The molecule has 1 aromatic heterocycles. The third-order valence-electron chi connectivity index (χ3n) is 3.80. The molecule has 0 aliphatic rings. The van der Waals surface area contributed by atoms with Gasteiger partial charge in [-0.25, -0.2) is 0 Å². The Kier molecular flexibility index (Phi) is 5.58. The molecule has 0 unspecified atom stereocenters. The summed E-state index contributed by atoms with van der Waals surface area (Å²) < 4.78 is 7.61. The summed E-state index contributed by atoms with van der Waals surface area (Å²) in [5, 5.41) is 11.4. The standard InChI is InChI=1S/C19H20N4O2S/c1-13(26-19-22-21-14(2)23(19)3)18(24)20-15-9-11-17(12-10-15)25-16-7-5-4-6-8-16/h4-13H,1-3H3,(H,20,24)/t13-/m0/s1. The van der Waals surface area contributed by atoms with E-state index in [9.17, 15) is 4.79 Å². The normalized spacial score (nSPS) is 11.8. The topological polar surface area (TPSA) is 69.0 Å². The number of nitrogens with zero attached hydrogens (tertiary/aromatic N) is 3. The van der Waals surface area contributed by atoms with Crippen molar-refractivity contribution in [3.05, 3.63) is 60.4 Å². The van der Waals surface area contributed by atoms with Crippen LogP contribution in [-0.2, 0) is 11.8 Å². The molecule has 3 aromatic rings. The fourth-order valence-corrected chi connectivity index (χ4v) is 3.04. The predicted octanol–water partition coefficient (Wildman–Crippen LogP) is 4.04. The number of carbonyl (C=O) groups is 1. The first-order chi connectivity index (χ1) is 12.5. The minimum atomic E-state index is -0.294. The number of aromatic nitrogens is 3. The van der Waals surface area contributed by atoms with E-state index < -0.39 is 0 Å². The molecule has 2 aromatic carbocycles. The van der Waals surface area contributed by atoms with Gasteiger partial charge in [-0.15, -0.1) is 10.2 Å². The first-order valence-corrected chi connectivity index (χ1v) is 9.07. The molecule has 134 valence electrons. The summed E-state index contributed by atoms with van der Waals surface area (Å²) in [5.41, 5.74) is 0.719. The van der Waals surface area contributed by atoms with Gasteiger partial charge in [0.25, 0.3) is 0 Å². The largest absolute Gasteiger partial charge is 0.457 e. The monoisotopic (exact) mass is 368 g/mol. The van der Waals surface area contributed by atoms with Crippen LogP contribution in [0.25, 0.3) is 0 Å². The van der Waals surface area contributed by atoms with E-state index in [0.29, 0.717) is 5.75 Å². The third kappa shape index (κ3) is 4.43. The van der Waals surface area contributed by atoms with Crippen LogP contribution in [0.1, 0.15) is 12.7 Å². The number of aryl methyl sites for hydroxylation is 1. The summed E-state index contributed by atoms with van der Waals surface area (Å²) in [6, 6.07) is 16.8. The van der Waals surface area contributed by atoms with E-state index >= 15 is 0 Å². The van der Waals surface area contributed by atoms with Crippen LogP contribution in [0.2, 0.25) is 0 Å². The number of amides is 1. The molecule has 0 aliphatic carbocycles. The van der Waals surface area contributed by atoms with Gasteiger partial charge in [0.05, 0.1) is 5.25 Å². The Morgan fingerprint density at radius 3 is 2.35 bits per heavy atom. The number of nitrogens with one attached hydrogen (secondary N) is 1. The molecule has 0 saturated heterocycles. The molecule has 6 nitrogen and oxygen atoms in total. The van der Waals surface area contributed by atoms with E-state index in [1.54, 1.807) is 0 Å². The average molecular weight is 368 g/mol. The van der Waals surface area contributed by atoms with Crippen molar-refractivity contribution in [1.82, 2.24) is 14.8 Å². The van der Waals surface area contributed by atoms with E-state index in [0.717, 1.165) is 22.4 Å². The number of rotatable bonds is 6. The quantitative estimate of drug-likeness (QED) is 0.665. The van der Waals surface area contributed by atoms with Gasteiger partial charge in [0.15, 0.2) is 5.16 Å². The van der Waals surface area contributed by atoms with Crippen molar-refractivity contribution in [3.63, 3.8) is 0 Å². The van der Waals surface area contributed by atoms with Crippen molar-refractivity contribution in [2.45, 2.75) is 24.3 Å². The maximum absolute atomic E-state index is 12.4. The summed E-state index contributed by atoms with van der Waals surface area (Å²) >= 11 is 1.38. The number of thioether (sulfide) groups is 1. The molecule has 1 heterocycles. The van der Waals surface area contributed by atoms with E-state index in [1.165, 1.54) is 11.8 Å². The van der Waals surface area contributed by atoms with Gasteiger partial charge in [0, 0.05) is 12.7 Å². The highest BCUT2D eigenvalue weighted by Gasteiger charge is 2.18. The van der Waals surface area contributed by atoms with Crippen LogP contribution in [0.5, 0.6) is 11.5 Å². The Morgan fingerprint density at radius 1 is 1.08 bits per heavy atom. The molecular weight excluding hydrogens is 348 g/mol. The lowest BCUT2D eigenvalue weighted by molar-refractivity contribution is -0.115. The van der Waals surface area contributed by atoms with Gasteiger partial charge in [-0.2, -0.15) is 0 Å². The van der Waals surface area contributed by atoms with Gasteiger partial charge >= 0.3 is 0 Å². The summed E-state index contributed by atoms with van der Waals surface area (Å²) in [4.78, 5) is 12.4. The maximum atomic E-state index is 12.4. The lowest BCUT2D eigenvalue weighted by Crippen LogP contribution is -2.22. The number of hydrogen-bond donors (Lipinski definition) is 1. The molecule has 0 aliphatic heterocycles. The second-order valence-electron chi connectivity index (χ2n) is 5.78. The minimum absolute atomic E-state index is 0.0904. The first kappa shape index (κ1) is 18.0. The van der Waals surface area contributed by atoms with Crippen molar-refractivity contribution >= 4 is 23.4 Å². The van der Waals surface area contributed by atoms with Crippen molar-refractivity contribution in [1.29, 1.82) is 0 Å². The Morgan fingerprint density at radius 2 is 1.73 bits per heavy atom. The lowest BCUT2D eigenvalue weighted by atomic mass is 10.3. The summed E-state index contributed by atoms with van der Waals surface area (Å²) in [6.45, 7) is 3.72. The van der Waals surface area contributed by atoms with Crippen LogP contribution in [0.15, 0.2) is 59.8 Å². The van der Waals surface area contributed by atoms with Crippen LogP contribution in [0.3, 0.4) is 0 Å². The SMILES string of the molecule is Cc1nnc(S[C@@H](C)C(=O)Nc2ccc(Oc3ccccc3)cc2)n1C. The van der Waals surface area contributed by atoms with Gasteiger partial charge in [0.1, 0.15) is 17.3 Å². The molecule has 1 N–H and O–H groups in total. The first-order valence-electron chi connectivity index (χ1n) is 8.19. The fraction of sp³-hybridized carbons (Fsp3) is 0.211. The highest BCUT2D eigenvalue weighted by molar-refractivity contribution is 8.00. The summed E-state index contributed by atoms with van der Waals surface area (Å²) in [6.07, 6.45) is 0. The molecule has 26 heavy (non-hydrogen) atoms. The Hall–Kier alpha value is -2.80. The van der Waals surface area contributed by atoms with Gasteiger partial charge in [-0.1, -0.05) is 30.0 Å². The van der Waals surface area contributed by atoms with E-state index in [-0.39, 0.29) is 11.2 Å². The molecule has 1 amide bonds. The van der Waals surface area contributed by atoms with E-state index in [4.69, 9.17) is 4.74 Å². The maximum Gasteiger partial charge on any atom is 0.237 e. The number of benzene rings is 2. The van der Waals surface area contributed by atoms with Crippen LogP contribution in [-0.4, -0.2) is 25.9 Å². The second kappa shape index (κ2) is 8.05. The number of para-hydroxylation sites is 1. The highest BCUT2D eigenvalue weighted by Crippen LogP contribution is 2.25. The van der Waals surface area contributed by atoms with Gasteiger partial charge in [0.2, 0.25) is 5.91 Å². The zero-order valence-electron chi connectivity index (χ0n) is 14.8. The molecule has 1 atom stereocenters. The molecule has 0 saturated carbocycles. The summed E-state index contributed by atoms with van der Waals surface area (Å²) in [5.74, 6) is 2.21. The zero-order chi connectivity index (χ0) is 18.5. The van der Waals surface area contributed by atoms with E-state index in [1.807, 2.05) is 80.1 Å². The number of anilines is 1. The average Bonchev–Trinajstić information content (AvgIpc) is 2.96. The Bertz CT molecular complexity index is 878. The Labute approximate surface area is 156 Å². The molecule has 7 heteroatoms. The Balaban J connectivity index is 1.57. The fourth-order valence-electron chi connectivity index (χ4n) is 2.18. The van der Waals surface area contributed by atoms with Crippen LogP contribution < -0.4 is 10.1 Å². The molecule has 0 radical (unpaired) electrons. The minimum Gasteiger partial charge on any atom is -0.457 e. The van der Waals surface area contributed by atoms with Crippen LogP contribution >= 0.6 is 11.8 Å². The van der Waals surface area contributed by atoms with Crippen LogP contribution in [0, 0.1) is 6.92 Å². The van der Waals surface area contributed by atoms with Crippen molar-refractivity contribution < 1.29 is 9.53 Å². The second-order valence-corrected chi connectivity index (χ2v) is 7.09. The van der Waals surface area contributed by atoms with Gasteiger partial charge < -0.3 is 14.6 Å². The lowest BCUT2D eigenvalue weighted by Gasteiger charge is -2.12. The van der Waals surface area contributed by atoms with Crippen molar-refractivity contribution in [3.8, 4) is 11.5 Å². The molecule has 0 spiro atoms. The third-order valence-corrected chi connectivity index (χ3v) is 4.94. The van der Waals surface area contributed by atoms with Gasteiger partial charge in [-0.05, 0) is 50.2 Å². The van der Waals surface area contributed by atoms with Crippen LogP contribution in [0.4, 0.5) is 5.69 Å². The molecule has 0 fully saturated rings. The van der Waals surface area contributed by atoms with E-state index in [2.05, 4.69) is 15.5 Å². The number of ether oxygens (including phenoxy) is 1. The summed E-state index contributed by atoms with van der Waals surface area (Å²) in [7, 11) is 1.88. The molecule has 0 bridgehead atoms. The molecule has 3 rings (SSSR count). The molecular formula is C19H20N4O2S. The van der Waals surface area contributed by atoms with Gasteiger partial charge in [-0.3, -0.25) is 4.79 Å². The number of carbonyl (C=O) groups excluding carboxylic acids is 1. The van der Waals surface area contributed by atoms with Crippen molar-refractivity contribution in [2.24, 2.45) is 7.05 Å². The zero-order valence-corrected chi connectivity index (χ0v) is 15.7. The number of hydrogen-bond acceptors (Lipinski definition) is 5. The van der Waals surface area contributed by atoms with Crippen molar-refractivity contribution in [2.75, 3.05) is 5.32 Å².